The van der Waals surface area contributed by atoms with Gasteiger partial charge in [-0.15, -0.1) is 0 Å². The first-order chi connectivity index (χ1) is 12.4. The van der Waals surface area contributed by atoms with Gasteiger partial charge < -0.3 is 15.4 Å². The van der Waals surface area contributed by atoms with Crippen molar-refractivity contribution in [3.05, 3.63) is 59.7 Å². The predicted octanol–water partition coefficient (Wildman–Crippen LogP) is 3.67. The van der Waals surface area contributed by atoms with Crippen LogP contribution in [0.2, 0.25) is 0 Å². The predicted molar refractivity (Wildman–Crippen MR) is 103 cm³/mol. The highest BCUT2D eigenvalue weighted by Crippen LogP contribution is 2.26. The second-order valence-electron chi connectivity index (χ2n) is 6.62. The maximum absolute atomic E-state index is 12.7. The van der Waals surface area contributed by atoms with E-state index in [0.717, 1.165) is 11.1 Å². The number of aryl methyl sites for hydroxylation is 1. The molecule has 138 valence electrons. The number of rotatable bonds is 7. The fraction of sp³-hybridized carbons (Fsp3) is 0.333. The zero-order valence-electron chi connectivity index (χ0n) is 15.8. The van der Waals surface area contributed by atoms with E-state index in [2.05, 4.69) is 10.6 Å². The number of para-hydroxylation sites is 2. The van der Waals surface area contributed by atoms with Crippen LogP contribution < -0.4 is 15.4 Å². The van der Waals surface area contributed by atoms with E-state index in [1.54, 1.807) is 26.0 Å². The van der Waals surface area contributed by atoms with Gasteiger partial charge in [0.2, 0.25) is 11.8 Å². The molecule has 0 aliphatic heterocycles. The molecule has 2 aromatic rings. The summed E-state index contributed by atoms with van der Waals surface area (Å²) in [6.07, 6.45) is 0. The second-order valence-corrected chi connectivity index (χ2v) is 6.62. The van der Waals surface area contributed by atoms with Crippen LogP contribution in [0.1, 0.15) is 31.9 Å². The van der Waals surface area contributed by atoms with Gasteiger partial charge in [0.15, 0.2) is 0 Å². The normalized spacial score (nSPS) is 10.9. The van der Waals surface area contributed by atoms with Crippen LogP contribution in [0, 0.1) is 12.3 Å². The second kappa shape index (κ2) is 8.52. The lowest BCUT2D eigenvalue weighted by Gasteiger charge is -2.23. The fourth-order valence-electron chi connectivity index (χ4n) is 2.44. The van der Waals surface area contributed by atoms with Crippen molar-refractivity contribution in [3.63, 3.8) is 0 Å². The van der Waals surface area contributed by atoms with Gasteiger partial charge in [0.25, 0.3) is 0 Å². The van der Waals surface area contributed by atoms with Crippen molar-refractivity contribution in [2.75, 3.05) is 11.9 Å². The Morgan fingerprint density at radius 2 is 1.65 bits per heavy atom. The number of amides is 2. The number of carbonyl (C=O) groups excluding carboxylic acids is 2. The number of hydrogen-bond acceptors (Lipinski definition) is 3. The van der Waals surface area contributed by atoms with Crippen LogP contribution in [0.4, 0.5) is 5.69 Å². The van der Waals surface area contributed by atoms with Crippen LogP contribution >= 0.6 is 0 Å². The first-order valence-electron chi connectivity index (χ1n) is 8.72. The highest BCUT2D eigenvalue weighted by atomic mass is 16.5. The van der Waals surface area contributed by atoms with E-state index in [0.29, 0.717) is 24.6 Å². The summed E-state index contributed by atoms with van der Waals surface area (Å²) in [6, 6.07) is 15.0. The van der Waals surface area contributed by atoms with Gasteiger partial charge in [0.1, 0.15) is 11.2 Å². The Hall–Kier alpha value is -2.82. The SMILES string of the molecule is CCOc1ccccc1NC(=O)C(C)(C)C(=O)NCc1ccccc1C. The standard InChI is InChI=1S/C21H26N2O3/c1-5-26-18-13-9-8-12-17(18)23-20(25)21(3,4)19(24)22-14-16-11-7-6-10-15(16)2/h6-13H,5,14H2,1-4H3,(H,22,24)(H,23,25). The third-order valence-corrected chi connectivity index (χ3v) is 4.27. The molecule has 2 N–H and O–H groups in total. The van der Waals surface area contributed by atoms with Gasteiger partial charge in [-0.1, -0.05) is 36.4 Å². The summed E-state index contributed by atoms with van der Waals surface area (Å²) in [7, 11) is 0. The van der Waals surface area contributed by atoms with Crippen LogP contribution in [-0.4, -0.2) is 18.4 Å². The lowest BCUT2D eigenvalue weighted by molar-refractivity contribution is -0.138. The minimum atomic E-state index is -1.22. The average molecular weight is 354 g/mol. The molecule has 2 aromatic carbocycles. The zero-order chi connectivity index (χ0) is 19.2. The molecule has 0 heterocycles. The van der Waals surface area contributed by atoms with E-state index in [-0.39, 0.29) is 11.8 Å². The van der Waals surface area contributed by atoms with Crippen molar-refractivity contribution < 1.29 is 14.3 Å². The Morgan fingerprint density at radius 3 is 2.35 bits per heavy atom. The van der Waals surface area contributed by atoms with Crippen LogP contribution in [0.3, 0.4) is 0 Å². The Labute approximate surface area is 154 Å². The molecule has 5 nitrogen and oxygen atoms in total. The third-order valence-electron chi connectivity index (χ3n) is 4.27. The molecule has 0 unspecified atom stereocenters. The summed E-state index contributed by atoms with van der Waals surface area (Å²) < 4.78 is 5.51. The first-order valence-corrected chi connectivity index (χ1v) is 8.72. The quantitative estimate of drug-likeness (QED) is 0.746. The van der Waals surface area contributed by atoms with Crippen LogP contribution in [-0.2, 0) is 16.1 Å². The average Bonchev–Trinajstić information content (AvgIpc) is 2.62. The van der Waals surface area contributed by atoms with Gasteiger partial charge in [-0.2, -0.15) is 0 Å². The van der Waals surface area contributed by atoms with Gasteiger partial charge in [0, 0.05) is 6.54 Å². The van der Waals surface area contributed by atoms with Gasteiger partial charge in [-0.3, -0.25) is 9.59 Å². The molecule has 5 heteroatoms. The van der Waals surface area contributed by atoms with E-state index in [1.807, 2.05) is 50.2 Å². The Kier molecular flexibility index (Phi) is 6.39. The summed E-state index contributed by atoms with van der Waals surface area (Å²) in [5, 5.41) is 5.66. The zero-order valence-corrected chi connectivity index (χ0v) is 15.8. The first kappa shape index (κ1) is 19.5. The largest absolute Gasteiger partial charge is 0.492 e. The summed E-state index contributed by atoms with van der Waals surface area (Å²) >= 11 is 0. The molecule has 0 radical (unpaired) electrons. The summed E-state index contributed by atoms with van der Waals surface area (Å²) in [6.45, 7) is 7.97. The van der Waals surface area contributed by atoms with Crippen molar-refractivity contribution in [1.82, 2.24) is 5.32 Å². The van der Waals surface area contributed by atoms with E-state index in [1.165, 1.54) is 0 Å². The minimum absolute atomic E-state index is 0.327. The van der Waals surface area contributed by atoms with E-state index < -0.39 is 5.41 Å². The molecule has 0 aliphatic rings. The molecule has 26 heavy (non-hydrogen) atoms. The number of benzene rings is 2. The monoisotopic (exact) mass is 354 g/mol. The molecule has 0 atom stereocenters. The molecule has 0 spiro atoms. The Balaban J connectivity index is 2.05. The summed E-state index contributed by atoms with van der Waals surface area (Å²) in [4.78, 5) is 25.3. The smallest absolute Gasteiger partial charge is 0.239 e. The van der Waals surface area contributed by atoms with Crippen molar-refractivity contribution >= 4 is 17.5 Å². The number of nitrogens with one attached hydrogen (secondary N) is 2. The number of ether oxygens (including phenoxy) is 1. The summed E-state index contributed by atoms with van der Waals surface area (Å²) in [5.74, 6) is -0.126. The fourth-order valence-corrected chi connectivity index (χ4v) is 2.44. The molecule has 0 saturated carbocycles. The molecular formula is C21H26N2O3. The number of anilines is 1. The van der Waals surface area contributed by atoms with Crippen LogP contribution in [0.15, 0.2) is 48.5 Å². The van der Waals surface area contributed by atoms with Crippen molar-refractivity contribution in [2.24, 2.45) is 5.41 Å². The minimum Gasteiger partial charge on any atom is -0.492 e. The summed E-state index contributed by atoms with van der Waals surface area (Å²) in [5.41, 5.74) is 1.46. The van der Waals surface area contributed by atoms with E-state index >= 15 is 0 Å². The lowest BCUT2D eigenvalue weighted by Crippen LogP contribution is -2.45. The maximum atomic E-state index is 12.7. The number of hydrogen-bond donors (Lipinski definition) is 2. The van der Waals surface area contributed by atoms with Gasteiger partial charge in [-0.25, -0.2) is 0 Å². The lowest BCUT2D eigenvalue weighted by atomic mass is 9.90. The van der Waals surface area contributed by atoms with Crippen molar-refractivity contribution in [3.8, 4) is 5.75 Å². The molecule has 0 aliphatic carbocycles. The molecule has 0 bridgehead atoms. The highest BCUT2D eigenvalue weighted by molar-refractivity contribution is 6.10. The van der Waals surface area contributed by atoms with Crippen molar-refractivity contribution in [2.45, 2.75) is 34.2 Å². The van der Waals surface area contributed by atoms with Crippen LogP contribution in [0.25, 0.3) is 0 Å². The highest BCUT2D eigenvalue weighted by Gasteiger charge is 2.36. The van der Waals surface area contributed by atoms with Gasteiger partial charge >= 0.3 is 0 Å². The van der Waals surface area contributed by atoms with E-state index in [4.69, 9.17) is 4.74 Å². The molecule has 0 aromatic heterocycles. The topological polar surface area (TPSA) is 67.4 Å². The Bertz CT molecular complexity index is 784. The van der Waals surface area contributed by atoms with Crippen LogP contribution in [0.5, 0.6) is 5.75 Å². The Morgan fingerprint density at radius 1 is 1.00 bits per heavy atom. The van der Waals surface area contributed by atoms with Gasteiger partial charge in [0.05, 0.1) is 12.3 Å². The molecule has 2 rings (SSSR count). The third kappa shape index (κ3) is 4.63. The molecule has 0 fully saturated rings. The maximum Gasteiger partial charge on any atom is 0.239 e. The van der Waals surface area contributed by atoms with Gasteiger partial charge in [-0.05, 0) is 51.0 Å². The molecule has 2 amide bonds. The number of carbonyl (C=O) groups is 2. The molecular weight excluding hydrogens is 328 g/mol. The molecule has 0 saturated heterocycles. The van der Waals surface area contributed by atoms with Crippen molar-refractivity contribution in [1.29, 1.82) is 0 Å². The van der Waals surface area contributed by atoms with E-state index in [9.17, 15) is 9.59 Å².